The highest BCUT2D eigenvalue weighted by Crippen LogP contribution is 2.31. The second-order valence-corrected chi connectivity index (χ2v) is 4.54. The smallest absolute Gasteiger partial charge is 0.451 e. The van der Waals surface area contributed by atoms with E-state index in [0.717, 1.165) is 24.4 Å². The van der Waals surface area contributed by atoms with Crippen LogP contribution in [0.2, 0.25) is 0 Å². The molecule has 24 heavy (non-hydrogen) atoms. The summed E-state index contributed by atoms with van der Waals surface area (Å²) in [6.45, 7) is 0. The van der Waals surface area contributed by atoms with Crippen LogP contribution in [0.3, 0.4) is 0 Å². The number of nitrogens with one attached hydrogen (secondary N) is 1. The number of hydrogen-bond donors (Lipinski definition) is 1. The molecule has 3 aromatic rings. The largest absolute Gasteiger partial charge is 0.480 e. The fraction of sp³-hybridized carbons (Fsp3) is 0.154. The van der Waals surface area contributed by atoms with Crippen molar-refractivity contribution in [3.8, 4) is 5.88 Å². The average Bonchev–Trinajstić information content (AvgIpc) is 2.90. The molecular formula is C13H8F5N5O. The third-order valence-electron chi connectivity index (χ3n) is 3.00. The van der Waals surface area contributed by atoms with Crippen molar-refractivity contribution in [3.05, 3.63) is 41.9 Å². The minimum absolute atomic E-state index is 0.0705. The van der Waals surface area contributed by atoms with Gasteiger partial charge in [0.15, 0.2) is 17.3 Å². The molecule has 0 atom stereocenters. The number of benzene rings is 1. The van der Waals surface area contributed by atoms with Crippen LogP contribution in [0, 0.1) is 11.6 Å². The van der Waals surface area contributed by atoms with E-state index in [1.807, 2.05) is 0 Å². The number of fused-ring (bicyclic) bond motifs is 1. The number of aromatic nitrogens is 4. The molecular weight excluding hydrogens is 337 g/mol. The molecule has 0 amide bonds. The van der Waals surface area contributed by atoms with Gasteiger partial charge in [0.05, 0.1) is 19.0 Å². The first-order chi connectivity index (χ1) is 11.3. The van der Waals surface area contributed by atoms with E-state index in [1.54, 1.807) is 0 Å². The molecule has 3 rings (SSSR count). The van der Waals surface area contributed by atoms with Gasteiger partial charge in [0.25, 0.3) is 0 Å². The number of halogens is 5. The number of imidazole rings is 1. The summed E-state index contributed by atoms with van der Waals surface area (Å²) >= 11 is 0. The summed E-state index contributed by atoms with van der Waals surface area (Å²) < 4.78 is 71.7. The van der Waals surface area contributed by atoms with E-state index in [2.05, 4.69) is 20.4 Å². The van der Waals surface area contributed by atoms with E-state index in [1.165, 1.54) is 7.11 Å². The van der Waals surface area contributed by atoms with Gasteiger partial charge in [-0.15, -0.1) is 0 Å². The molecule has 0 fully saturated rings. The van der Waals surface area contributed by atoms with Crippen LogP contribution in [0.1, 0.15) is 5.82 Å². The Labute approximate surface area is 130 Å². The van der Waals surface area contributed by atoms with Gasteiger partial charge < -0.3 is 4.74 Å². The van der Waals surface area contributed by atoms with Gasteiger partial charge in [-0.1, -0.05) is 6.07 Å². The van der Waals surface area contributed by atoms with Gasteiger partial charge in [-0.25, -0.2) is 23.4 Å². The summed E-state index contributed by atoms with van der Waals surface area (Å²) in [5.74, 6) is -4.06. The quantitative estimate of drug-likeness (QED) is 0.740. The van der Waals surface area contributed by atoms with Crippen molar-refractivity contribution >= 4 is 17.0 Å². The SMILES string of the molecule is COc1cnc2nc(C(F)(F)F)n(Nc3cccc(F)c3F)c2n1. The Balaban J connectivity index is 2.21. The summed E-state index contributed by atoms with van der Waals surface area (Å²) in [5, 5.41) is 0. The Bertz CT molecular complexity index is 908. The third kappa shape index (κ3) is 2.68. The monoisotopic (exact) mass is 345 g/mol. The summed E-state index contributed by atoms with van der Waals surface area (Å²) in [4.78, 5) is 10.9. The summed E-state index contributed by atoms with van der Waals surface area (Å²) in [5.41, 5.74) is 0.903. The number of nitrogens with zero attached hydrogens (tertiary/aromatic N) is 4. The Morgan fingerprint density at radius 3 is 2.58 bits per heavy atom. The topological polar surface area (TPSA) is 64.9 Å². The first-order valence-corrected chi connectivity index (χ1v) is 6.39. The lowest BCUT2D eigenvalue weighted by molar-refractivity contribution is -0.146. The first-order valence-electron chi connectivity index (χ1n) is 6.39. The predicted molar refractivity (Wildman–Crippen MR) is 72.3 cm³/mol. The molecule has 0 radical (unpaired) electrons. The average molecular weight is 345 g/mol. The van der Waals surface area contributed by atoms with Crippen LogP contribution in [0.25, 0.3) is 11.3 Å². The standard InChI is InChI=1S/C13H8F5N5O/c1-24-8-5-19-10-11(20-8)23(12(21-10)13(16,17)18)22-7-4-2-3-6(14)9(7)15/h2-5,22H,1H3. The number of hydrogen-bond acceptors (Lipinski definition) is 5. The molecule has 0 saturated heterocycles. The minimum Gasteiger partial charge on any atom is -0.480 e. The molecule has 2 heterocycles. The van der Waals surface area contributed by atoms with E-state index < -0.39 is 29.3 Å². The van der Waals surface area contributed by atoms with Crippen LogP contribution in [0.4, 0.5) is 27.6 Å². The van der Waals surface area contributed by atoms with Crippen molar-refractivity contribution in [2.45, 2.75) is 6.18 Å². The minimum atomic E-state index is -4.88. The second-order valence-electron chi connectivity index (χ2n) is 4.54. The molecule has 0 saturated carbocycles. The zero-order valence-electron chi connectivity index (χ0n) is 11.9. The van der Waals surface area contributed by atoms with Gasteiger partial charge in [0.1, 0.15) is 0 Å². The lowest BCUT2D eigenvalue weighted by Gasteiger charge is -2.13. The second kappa shape index (κ2) is 5.58. The maximum Gasteiger partial charge on any atom is 0.451 e. The molecule has 11 heteroatoms. The molecule has 0 unspecified atom stereocenters. The molecule has 1 N–H and O–H groups in total. The van der Waals surface area contributed by atoms with Crippen LogP contribution in [0.15, 0.2) is 24.4 Å². The van der Waals surface area contributed by atoms with Crippen molar-refractivity contribution in [3.63, 3.8) is 0 Å². The van der Waals surface area contributed by atoms with Crippen LogP contribution in [-0.4, -0.2) is 26.7 Å². The first kappa shape index (κ1) is 15.9. The molecule has 126 valence electrons. The highest BCUT2D eigenvalue weighted by Gasteiger charge is 2.39. The van der Waals surface area contributed by atoms with E-state index in [9.17, 15) is 22.0 Å². The molecule has 0 spiro atoms. The molecule has 0 bridgehead atoms. The van der Waals surface area contributed by atoms with Crippen molar-refractivity contribution < 1.29 is 26.7 Å². The van der Waals surface area contributed by atoms with Gasteiger partial charge in [-0.2, -0.15) is 18.2 Å². The Kier molecular flexibility index (Phi) is 3.70. The summed E-state index contributed by atoms with van der Waals surface area (Å²) in [6.07, 6.45) is -3.80. The van der Waals surface area contributed by atoms with Crippen molar-refractivity contribution in [2.24, 2.45) is 0 Å². The number of alkyl halides is 3. The predicted octanol–water partition coefficient (Wildman–Crippen LogP) is 3.01. The highest BCUT2D eigenvalue weighted by atomic mass is 19.4. The maximum absolute atomic E-state index is 13.8. The highest BCUT2D eigenvalue weighted by molar-refractivity contribution is 5.68. The normalized spacial score (nSPS) is 11.8. The summed E-state index contributed by atoms with van der Waals surface area (Å²) in [7, 11) is 1.25. The van der Waals surface area contributed by atoms with Crippen LogP contribution < -0.4 is 10.2 Å². The lowest BCUT2D eigenvalue weighted by Crippen LogP contribution is -2.21. The maximum atomic E-state index is 13.8. The molecule has 0 aliphatic rings. The van der Waals surface area contributed by atoms with Crippen molar-refractivity contribution in [1.82, 2.24) is 19.6 Å². The van der Waals surface area contributed by atoms with Gasteiger partial charge in [0, 0.05) is 0 Å². The van der Waals surface area contributed by atoms with Crippen molar-refractivity contribution in [1.29, 1.82) is 0 Å². The number of rotatable bonds is 3. The zero-order chi connectivity index (χ0) is 17.5. The van der Waals surface area contributed by atoms with Gasteiger partial charge in [-0.05, 0) is 12.1 Å². The molecule has 1 aromatic carbocycles. The molecule has 0 aliphatic carbocycles. The summed E-state index contributed by atoms with van der Waals surface area (Å²) in [6, 6.07) is 3.04. The Morgan fingerprint density at radius 2 is 1.92 bits per heavy atom. The van der Waals surface area contributed by atoms with E-state index >= 15 is 0 Å². The van der Waals surface area contributed by atoms with Gasteiger partial charge in [-0.3, -0.25) is 5.43 Å². The van der Waals surface area contributed by atoms with Crippen LogP contribution >= 0.6 is 0 Å². The van der Waals surface area contributed by atoms with E-state index in [0.29, 0.717) is 4.68 Å². The molecule has 6 nitrogen and oxygen atoms in total. The fourth-order valence-corrected chi connectivity index (χ4v) is 1.94. The van der Waals surface area contributed by atoms with Crippen LogP contribution in [0.5, 0.6) is 5.88 Å². The zero-order valence-corrected chi connectivity index (χ0v) is 11.9. The molecule has 0 aliphatic heterocycles. The van der Waals surface area contributed by atoms with Crippen molar-refractivity contribution in [2.75, 3.05) is 12.5 Å². The van der Waals surface area contributed by atoms with Gasteiger partial charge in [0.2, 0.25) is 17.4 Å². The van der Waals surface area contributed by atoms with Crippen LogP contribution in [-0.2, 0) is 6.18 Å². The number of methoxy groups -OCH3 is 1. The van der Waals surface area contributed by atoms with E-state index in [-0.39, 0.29) is 17.2 Å². The van der Waals surface area contributed by atoms with Gasteiger partial charge >= 0.3 is 6.18 Å². The van der Waals surface area contributed by atoms with E-state index in [4.69, 9.17) is 4.74 Å². The Hall–Kier alpha value is -2.98. The third-order valence-corrected chi connectivity index (χ3v) is 3.00. The Morgan fingerprint density at radius 1 is 1.17 bits per heavy atom. The lowest BCUT2D eigenvalue weighted by atomic mass is 10.3. The number of anilines is 1. The fourth-order valence-electron chi connectivity index (χ4n) is 1.94. The molecule has 2 aromatic heterocycles. The number of ether oxygens (including phenoxy) is 1.